The van der Waals surface area contributed by atoms with Gasteiger partial charge in [-0.15, -0.1) is 0 Å². The molecule has 0 unspecified atom stereocenters. The molecule has 0 saturated carbocycles. The first-order chi connectivity index (χ1) is 7.11. The average Bonchev–Trinajstić information content (AvgIpc) is 2.21. The van der Waals surface area contributed by atoms with Gasteiger partial charge in [-0.25, -0.2) is 9.18 Å². The fourth-order valence-corrected chi connectivity index (χ4v) is 2.04. The first kappa shape index (κ1) is 12.2. The van der Waals surface area contributed by atoms with Crippen molar-refractivity contribution in [1.82, 2.24) is 0 Å². The molecule has 15 heavy (non-hydrogen) atoms. The highest BCUT2D eigenvalue weighted by Gasteiger charge is 2.18. The number of esters is 1. The Morgan fingerprint density at radius 2 is 2.20 bits per heavy atom. The van der Waals surface area contributed by atoms with E-state index in [4.69, 9.17) is 4.74 Å². The number of hydrogen-bond donors (Lipinski definition) is 0. The molecule has 0 aliphatic carbocycles. The van der Waals surface area contributed by atoms with E-state index in [0.29, 0.717) is 10.9 Å². The molecule has 0 saturated heterocycles. The fourth-order valence-electron chi connectivity index (χ4n) is 1.32. The van der Waals surface area contributed by atoms with Crippen LogP contribution in [0.4, 0.5) is 4.39 Å². The molecule has 0 atom stereocenters. The number of carbonyl (C=O) groups is 1. The second kappa shape index (κ2) is 5.26. The van der Waals surface area contributed by atoms with Crippen LogP contribution in [0, 0.1) is 12.7 Å². The monoisotopic (exact) mass is 274 g/mol. The minimum atomic E-state index is -0.604. The molecular formula is C11H12BrFO2. The van der Waals surface area contributed by atoms with Crippen LogP contribution in [0.2, 0.25) is 0 Å². The van der Waals surface area contributed by atoms with Crippen LogP contribution in [0.1, 0.15) is 28.4 Å². The molecule has 0 N–H and O–H groups in total. The molecule has 0 aliphatic heterocycles. The number of carbonyl (C=O) groups excluding carboxylic acids is 1. The lowest BCUT2D eigenvalue weighted by atomic mass is 10.0. The maximum Gasteiger partial charge on any atom is 0.341 e. The Morgan fingerprint density at radius 1 is 1.53 bits per heavy atom. The van der Waals surface area contributed by atoms with E-state index in [0.717, 1.165) is 5.56 Å². The maximum absolute atomic E-state index is 13.5. The van der Waals surface area contributed by atoms with Gasteiger partial charge in [-0.05, 0) is 31.0 Å². The zero-order valence-electron chi connectivity index (χ0n) is 8.64. The highest BCUT2D eigenvalue weighted by Crippen LogP contribution is 2.21. The molecule has 0 fully saturated rings. The van der Waals surface area contributed by atoms with Crippen molar-refractivity contribution >= 4 is 21.9 Å². The van der Waals surface area contributed by atoms with Crippen molar-refractivity contribution in [1.29, 1.82) is 0 Å². The molecule has 0 aromatic heterocycles. The molecule has 0 amide bonds. The molecular weight excluding hydrogens is 263 g/mol. The largest absolute Gasteiger partial charge is 0.462 e. The number of aryl methyl sites for hydroxylation is 1. The van der Waals surface area contributed by atoms with Crippen LogP contribution in [-0.4, -0.2) is 12.6 Å². The second-order valence-corrected chi connectivity index (χ2v) is 3.63. The predicted molar refractivity (Wildman–Crippen MR) is 59.7 cm³/mol. The van der Waals surface area contributed by atoms with Gasteiger partial charge in [0.15, 0.2) is 0 Å². The van der Waals surface area contributed by atoms with Crippen LogP contribution in [0.5, 0.6) is 0 Å². The van der Waals surface area contributed by atoms with Gasteiger partial charge in [0.25, 0.3) is 0 Å². The van der Waals surface area contributed by atoms with Crippen molar-refractivity contribution in [3.05, 3.63) is 34.6 Å². The SMILES string of the molecule is CCOC(=O)c1c(F)ccc(C)c1CBr. The lowest BCUT2D eigenvalue weighted by Gasteiger charge is -2.10. The van der Waals surface area contributed by atoms with Crippen molar-refractivity contribution < 1.29 is 13.9 Å². The van der Waals surface area contributed by atoms with Gasteiger partial charge in [0.1, 0.15) is 5.82 Å². The maximum atomic E-state index is 13.5. The number of rotatable bonds is 3. The summed E-state index contributed by atoms with van der Waals surface area (Å²) in [6.45, 7) is 3.77. The van der Waals surface area contributed by atoms with Crippen LogP contribution in [0.3, 0.4) is 0 Å². The first-order valence-corrected chi connectivity index (χ1v) is 5.75. The quantitative estimate of drug-likeness (QED) is 0.625. The summed E-state index contributed by atoms with van der Waals surface area (Å²) in [5.74, 6) is -1.14. The van der Waals surface area contributed by atoms with Crippen molar-refractivity contribution in [3.63, 3.8) is 0 Å². The molecule has 1 rings (SSSR count). The number of benzene rings is 1. The molecule has 0 aliphatic rings. The third kappa shape index (κ3) is 2.56. The van der Waals surface area contributed by atoms with Crippen molar-refractivity contribution in [2.24, 2.45) is 0 Å². The Bertz CT molecular complexity index is 377. The Labute approximate surface area is 96.6 Å². The minimum absolute atomic E-state index is 0.0359. The lowest BCUT2D eigenvalue weighted by Crippen LogP contribution is -2.11. The summed E-state index contributed by atoms with van der Waals surface area (Å²) < 4.78 is 18.3. The van der Waals surface area contributed by atoms with E-state index in [-0.39, 0.29) is 12.2 Å². The van der Waals surface area contributed by atoms with Crippen LogP contribution >= 0.6 is 15.9 Å². The normalized spacial score (nSPS) is 10.1. The summed E-state index contributed by atoms with van der Waals surface area (Å²) in [6.07, 6.45) is 0. The number of ether oxygens (including phenoxy) is 1. The fraction of sp³-hybridized carbons (Fsp3) is 0.364. The summed E-state index contributed by atoms with van der Waals surface area (Å²) in [5, 5.41) is 0.435. The van der Waals surface area contributed by atoms with Crippen LogP contribution in [0.25, 0.3) is 0 Å². The Morgan fingerprint density at radius 3 is 2.73 bits per heavy atom. The minimum Gasteiger partial charge on any atom is -0.462 e. The zero-order valence-corrected chi connectivity index (χ0v) is 10.2. The Hall–Kier alpha value is -0.900. The summed E-state index contributed by atoms with van der Waals surface area (Å²) in [5.41, 5.74) is 1.55. The smallest absolute Gasteiger partial charge is 0.341 e. The molecule has 1 aromatic rings. The first-order valence-electron chi connectivity index (χ1n) is 4.62. The van der Waals surface area contributed by atoms with E-state index in [2.05, 4.69) is 15.9 Å². The number of alkyl halides is 1. The predicted octanol–water partition coefficient (Wildman–Crippen LogP) is 3.21. The van der Waals surface area contributed by atoms with E-state index >= 15 is 0 Å². The van der Waals surface area contributed by atoms with Gasteiger partial charge in [0.2, 0.25) is 0 Å². The van der Waals surface area contributed by atoms with E-state index in [1.165, 1.54) is 6.07 Å². The topological polar surface area (TPSA) is 26.3 Å². The second-order valence-electron chi connectivity index (χ2n) is 3.07. The van der Waals surface area contributed by atoms with Gasteiger partial charge in [-0.3, -0.25) is 0 Å². The van der Waals surface area contributed by atoms with Gasteiger partial charge < -0.3 is 4.74 Å². The van der Waals surface area contributed by atoms with Crippen molar-refractivity contribution in [2.75, 3.05) is 6.61 Å². The van der Waals surface area contributed by atoms with Crippen molar-refractivity contribution in [2.45, 2.75) is 19.2 Å². The highest BCUT2D eigenvalue weighted by molar-refractivity contribution is 9.08. The van der Waals surface area contributed by atoms with Gasteiger partial charge in [-0.2, -0.15) is 0 Å². The highest BCUT2D eigenvalue weighted by atomic mass is 79.9. The van der Waals surface area contributed by atoms with Gasteiger partial charge in [0.05, 0.1) is 12.2 Å². The molecule has 1 aromatic carbocycles. The molecule has 82 valence electrons. The third-order valence-corrected chi connectivity index (χ3v) is 2.67. The van der Waals surface area contributed by atoms with E-state index in [9.17, 15) is 9.18 Å². The summed E-state index contributed by atoms with van der Waals surface area (Å²) in [6, 6.07) is 2.93. The van der Waals surface area contributed by atoms with Crippen molar-refractivity contribution in [3.8, 4) is 0 Å². The Balaban J connectivity index is 3.24. The van der Waals surface area contributed by atoms with E-state index in [1.807, 2.05) is 6.92 Å². The summed E-state index contributed by atoms with van der Waals surface area (Å²) in [4.78, 5) is 11.5. The van der Waals surface area contributed by atoms with Crippen LogP contribution in [-0.2, 0) is 10.1 Å². The van der Waals surface area contributed by atoms with Gasteiger partial charge >= 0.3 is 5.97 Å². The molecule has 2 nitrogen and oxygen atoms in total. The number of halogens is 2. The summed E-state index contributed by atoms with van der Waals surface area (Å²) in [7, 11) is 0. The Kier molecular flexibility index (Phi) is 4.27. The molecule has 0 spiro atoms. The molecule has 0 heterocycles. The lowest BCUT2D eigenvalue weighted by molar-refractivity contribution is 0.0520. The van der Waals surface area contributed by atoms with E-state index < -0.39 is 11.8 Å². The molecule has 4 heteroatoms. The number of hydrogen-bond acceptors (Lipinski definition) is 2. The standard InChI is InChI=1S/C11H12BrFO2/c1-3-15-11(14)10-8(6-12)7(2)4-5-9(10)13/h4-5H,3,6H2,1-2H3. The zero-order chi connectivity index (χ0) is 11.4. The van der Waals surface area contributed by atoms with Crippen LogP contribution < -0.4 is 0 Å². The summed E-state index contributed by atoms with van der Waals surface area (Å²) >= 11 is 3.24. The molecule has 0 bridgehead atoms. The average molecular weight is 275 g/mol. The van der Waals surface area contributed by atoms with Gasteiger partial charge in [-0.1, -0.05) is 22.0 Å². The van der Waals surface area contributed by atoms with E-state index in [1.54, 1.807) is 13.0 Å². The van der Waals surface area contributed by atoms with Gasteiger partial charge in [0, 0.05) is 5.33 Å². The molecule has 0 radical (unpaired) electrons. The third-order valence-electron chi connectivity index (χ3n) is 2.11. The van der Waals surface area contributed by atoms with Crippen LogP contribution in [0.15, 0.2) is 12.1 Å².